The highest BCUT2D eigenvalue weighted by atomic mass is 32.1. The van der Waals surface area contributed by atoms with Crippen molar-refractivity contribution in [2.45, 2.75) is 19.3 Å². The van der Waals surface area contributed by atoms with Crippen molar-refractivity contribution in [1.29, 1.82) is 0 Å². The van der Waals surface area contributed by atoms with Crippen molar-refractivity contribution in [3.05, 3.63) is 0 Å². The number of thiol groups is 1. The fourth-order valence-electron chi connectivity index (χ4n) is 2.04. The number of rotatable bonds is 4. The highest BCUT2D eigenvalue weighted by molar-refractivity contribution is 7.80. The fourth-order valence-corrected chi connectivity index (χ4v) is 2.47. The predicted molar refractivity (Wildman–Crippen MR) is 67.3 cm³/mol. The largest absolute Gasteiger partial charge is 0.304 e. The molecule has 0 aromatic carbocycles. The molecule has 1 heterocycles. The molecule has 0 aromatic rings. The molecular formula is C11H21N3OS. The molecular weight excluding hydrogens is 222 g/mol. The number of hydrazine groups is 1. The summed E-state index contributed by atoms with van der Waals surface area (Å²) in [6.07, 6.45) is 2.96. The Morgan fingerprint density at radius 1 is 1.31 bits per heavy atom. The monoisotopic (exact) mass is 243 g/mol. The van der Waals surface area contributed by atoms with E-state index in [1.807, 2.05) is 5.01 Å². The van der Waals surface area contributed by atoms with E-state index in [4.69, 9.17) is 0 Å². The van der Waals surface area contributed by atoms with E-state index in [1.165, 1.54) is 0 Å². The Kier molecular flexibility index (Phi) is 3.77. The van der Waals surface area contributed by atoms with Gasteiger partial charge in [-0.05, 0) is 31.1 Å². The van der Waals surface area contributed by atoms with Crippen LogP contribution in [0.15, 0.2) is 0 Å². The van der Waals surface area contributed by atoms with E-state index in [2.05, 4.69) is 30.0 Å². The maximum absolute atomic E-state index is 11.8. The number of nitrogens with zero attached hydrogens (tertiary/aromatic N) is 2. The normalized spacial score (nSPS) is 25.4. The summed E-state index contributed by atoms with van der Waals surface area (Å²) in [5, 5.41) is 2.04. The Balaban J connectivity index is 1.71. The first-order valence-electron chi connectivity index (χ1n) is 5.97. The highest BCUT2D eigenvalue weighted by Crippen LogP contribution is 2.49. The third-order valence-electron chi connectivity index (χ3n) is 3.61. The van der Waals surface area contributed by atoms with Gasteiger partial charge in [0.25, 0.3) is 0 Å². The highest BCUT2D eigenvalue weighted by Gasteiger charge is 2.43. The quantitative estimate of drug-likeness (QED) is 0.700. The molecule has 0 aromatic heterocycles. The molecule has 1 N–H and O–H groups in total. The van der Waals surface area contributed by atoms with Crippen LogP contribution < -0.4 is 5.43 Å². The summed E-state index contributed by atoms with van der Waals surface area (Å²) in [5.74, 6) is 1.000. The molecule has 5 heteroatoms. The summed E-state index contributed by atoms with van der Waals surface area (Å²) in [6, 6.07) is 0. The van der Waals surface area contributed by atoms with E-state index < -0.39 is 0 Å². The van der Waals surface area contributed by atoms with Gasteiger partial charge in [0.05, 0.1) is 0 Å². The van der Waals surface area contributed by atoms with Crippen molar-refractivity contribution in [2.75, 3.05) is 39.0 Å². The van der Waals surface area contributed by atoms with Gasteiger partial charge in [-0.1, -0.05) is 0 Å². The van der Waals surface area contributed by atoms with Crippen LogP contribution in [-0.4, -0.2) is 54.8 Å². The van der Waals surface area contributed by atoms with E-state index in [-0.39, 0.29) is 11.3 Å². The van der Waals surface area contributed by atoms with Crippen molar-refractivity contribution >= 4 is 18.5 Å². The second-order valence-corrected chi connectivity index (χ2v) is 5.48. The van der Waals surface area contributed by atoms with Crippen molar-refractivity contribution in [1.82, 2.24) is 15.3 Å². The molecule has 0 spiro atoms. The zero-order valence-electron chi connectivity index (χ0n) is 9.91. The molecule has 1 amide bonds. The number of amides is 1. The number of likely N-dealkylation sites (N-methyl/N-ethyl adjacent to an activating group) is 1. The first-order chi connectivity index (χ1) is 7.63. The van der Waals surface area contributed by atoms with Crippen LogP contribution in [0.25, 0.3) is 0 Å². The Morgan fingerprint density at radius 3 is 2.44 bits per heavy atom. The Hall–Kier alpha value is -0.260. The molecule has 1 aliphatic heterocycles. The molecule has 0 radical (unpaired) electrons. The Morgan fingerprint density at radius 2 is 1.94 bits per heavy atom. The van der Waals surface area contributed by atoms with Crippen LogP contribution in [0.1, 0.15) is 19.3 Å². The van der Waals surface area contributed by atoms with Gasteiger partial charge in [0, 0.05) is 32.6 Å². The Bertz CT molecular complexity index is 260. The average molecular weight is 243 g/mol. The van der Waals surface area contributed by atoms with E-state index in [0.29, 0.717) is 6.42 Å². The topological polar surface area (TPSA) is 35.6 Å². The van der Waals surface area contributed by atoms with Crippen molar-refractivity contribution in [3.8, 4) is 0 Å². The van der Waals surface area contributed by atoms with Crippen LogP contribution in [0, 0.1) is 5.41 Å². The smallest absolute Gasteiger partial charge is 0.234 e. The maximum Gasteiger partial charge on any atom is 0.234 e. The molecule has 1 saturated carbocycles. The van der Waals surface area contributed by atoms with Gasteiger partial charge in [0.1, 0.15) is 0 Å². The van der Waals surface area contributed by atoms with Crippen LogP contribution >= 0.6 is 12.6 Å². The molecule has 92 valence electrons. The minimum Gasteiger partial charge on any atom is -0.304 e. The minimum atomic E-state index is 0.163. The molecule has 0 atom stereocenters. The lowest BCUT2D eigenvalue weighted by atomic mass is 10.1. The van der Waals surface area contributed by atoms with Crippen LogP contribution in [0.4, 0.5) is 0 Å². The van der Waals surface area contributed by atoms with E-state index in [9.17, 15) is 4.79 Å². The number of carbonyl (C=O) groups excluding carboxylic acids is 1. The lowest BCUT2D eigenvalue weighted by molar-refractivity contribution is -0.127. The fraction of sp³-hybridized carbons (Fsp3) is 0.909. The minimum absolute atomic E-state index is 0.163. The molecule has 0 bridgehead atoms. The standard InChI is InChI=1S/C11H21N3OS/c1-13-4-6-14(7-5-13)12-10(15)8-11(9-16)2-3-11/h16H,2-9H2,1H3,(H,12,15). The molecule has 1 saturated heterocycles. The second kappa shape index (κ2) is 4.94. The van der Waals surface area contributed by atoms with Gasteiger partial charge in [-0.2, -0.15) is 12.6 Å². The SMILES string of the molecule is CN1CCN(NC(=O)CC2(CS)CC2)CC1. The Labute approximate surface area is 103 Å². The van der Waals surface area contributed by atoms with Gasteiger partial charge in [0.15, 0.2) is 0 Å². The number of hydrogen-bond donors (Lipinski definition) is 2. The third-order valence-corrected chi connectivity index (χ3v) is 4.28. The van der Waals surface area contributed by atoms with Crippen LogP contribution in [0.2, 0.25) is 0 Å². The van der Waals surface area contributed by atoms with Crippen molar-refractivity contribution < 1.29 is 4.79 Å². The molecule has 2 aliphatic rings. The molecule has 4 nitrogen and oxygen atoms in total. The van der Waals surface area contributed by atoms with Crippen LogP contribution in [-0.2, 0) is 4.79 Å². The van der Waals surface area contributed by atoms with E-state index >= 15 is 0 Å². The van der Waals surface area contributed by atoms with Gasteiger partial charge in [0.2, 0.25) is 5.91 Å². The zero-order chi connectivity index (χ0) is 11.6. The summed E-state index contributed by atoms with van der Waals surface area (Å²) < 4.78 is 0. The predicted octanol–water partition coefficient (Wildman–Crippen LogP) is 0.365. The summed E-state index contributed by atoms with van der Waals surface area (Å²) in [5.41, 5.74) is 3.23. The number of piperazine rings is 1. The summed E-state index contributed by atoms with van der Waals surface area (Å²) >= 11 is 4.32. The first kappa shape index (κ1) is 12.2. The maximum atomic E-state index is 11.8. The molecule has 16 heavy (non-hydrogen) atoms. The van der Waals surface area contributed by atoms with Gasteiger partial charge >= 0.3 is 0 Å². The summed E-state index contributed by atoms with van der Waals surface area (Å²) in [7, 11) is 2.11. The summed E-state index contributed by atoms with van der Waals surface area (Å²) in [6.45, 7) is 3.90. The lowest BCUT2D eigenvalue weighted by Gasteiger charge is -2.32. The van der Waals surface area contributed by atoms with Gasteiger partial charge in [-0.3, -0.25) is 10.2 Å². The lowest BCUT2D eigenvalue weighted by Crippen LogP contribution is -2.52. The molecule has 2 rings (SSSR count). The van der Waals surface area contributed by atoms with Crippen molar-refractivity contribution in [2.24, 2.45) is 5.41 Å². The third kappa shape index (κ3) is 3.12. The van der Waals surface area contributed by atoms with E-state index in [0.717, 1.165) is 44.8 Å². The number of carbonyl (C=O) groups is 1. The van der Waals surface area contributed by atoms with Crippen LogP contribution in [0.5, 0.6) is 0 Å². The van der Waals surface area contributed by atoms with Gasteiger partial charge < -0.3 is 4.90 Å². The molecule has 0 unspecified atom stereocenters. The zero-order valence-corrected chi connectivity index (χ0v) is 10.8. The molecule has 2 fully saturated rings. The summed E-state index contributed by atoms with van der Waals surface area (Å²) in [4.78, 5) is 14.1. The van der Waals surface area contributed by atoms with E-state index in [1.54, 1.807) is 0 Å². The van der Waals surface area contributed by atoms with Crippen LogP contribution in [0.3, 0.4) is 0 Å². The van der Waals surface area contributed by atoms with Gasteiger partial charge in [-0.25, -0.2) is 5.01 Å². The van der Waals surface area contributed by atoms with Crippen molar-refractivity contribution in [3.63, 3.8) is 0 Å². The molecule has 1 aliphatic carbocycles. The second-order valence-electron chi connectivity index (χ2n) is 5.16. The number of nitrogens with one attached hydrogen (secondary N) is 1. The first-order valence-corrected chi connectivity index (χ1v) is 6.61. The number of hydrogen-bond acceptors (Lipinski definition) is 4. The average Bonchev–Trinajstić information content (AvgIpc) is 3.02. The van der Waals surface area contributed by atoms with Gasteiger partial charge in [-0.15, -0.1) is 0 Å².